The number of aromatic carboxylic acids is 1. The van der Waals surface area contributed by atoms with Crippen LogP contribution in [0.2, 0.25) is 5.02 Å². The van der Waals surface area contributed by atoms with E-state index in [0.717, 1.165) is 10.5 Å². The predicted molar refractivity (Wildman–Crippen MR) is 110 cm³/mol. The van der Waals surface area contributed by atoms with Gasteiger partial charge >= 0.3 is 12.0 Å². The van der Waals surface area contributed by atoms with Gasteiger partial charge in [-0.15, -0.1) is 0 Å². The molecule has 0 fully saturated rings. The van der Waals surface area contributed by atoms with Crippen LogP contribution in [0.15, 0.2) is 70.1 Å². The van der Waals surface area contributed by atoms with E-state index in [1.165, 1.54) is 12.1 Å². The van der Waals surface area contributed by atoms with Crippen LogP contribution in [0.25, 0.3) is 11.3 Å². The van der Waals surface area contributed by atoms with Crippen molar-refractivity contribution in [2.24, 2.45) is 4.99 Å². The minimum absolute atomic E-state index is 0.0374. The average Bonchev–Trinajstić information content (AvgIpc) is 3.29. The van der Waals surface area contributed by atoms with Crippen LogP contribution in [-0.2, 0) is 17.8 Å². The molecule has 4 rings (SSSR count). The van der Waals surface area contributed by atoms with Crippen molar-refractivity contribution in [3.8, 4) is 11.3 Å². The van der Waals surface area contributed by atoms with Crippen LogP contribution in [-0.4, -0.2) is 33.6 Å². The van der Waals surface area contributed by atoms with Crippen LogP contribution in [0.3, 0.4) is 0 Å². The van der Waals surface area contributed by atoms with Crippen molar-refractivity contribution in [1.29, 1.82) is 0 Å². The summed E-state index contributed by atoms with van der Waals surface area (Å²) in [6, 6.07) is 16.4. The van der Waals surface area contributed by atoms with Gasteiger partial charge in [-0.2, -0.15) is 4.99 Å². The molecule has 150 valence electrons. The Morgan fingerprint density at radius 3 is 2.57 bits per heavy atom. The first-order valence-electron chi connectivity index (χ1n) is 9.01. The average molecular weight is 423 g/mol. The summed E-state index contributed by atoms with van der Waals surface area (Å²) in [6.45, 7) is 0.150. The number of rotatable bonds is 6. The second-order valence-electron chi connectivity index (χ2n) is 6.66. The number of halogens is 1. The summed E-state index contributed by atoms with van der Waals surface area (Å²) < 4.78 is 5.74. The normalized spacial score (nSPS) is 13.6. The summed E-state index contributed by atoms with van der Waals surface area (Å²) in [5.74, 6) is -0.751. The third-order valence-corrected chi connectivity index (χ3v) is 4.95. The summed E-state index contributed by atoms with van der Waals surface area (Å²) in [5, 5.41) is 9.34. The van der Waals surface area contributed by atoms with E-state index in [9.17, 15) is 19.5 Å². The van der Waals surface area contributed by atoms with Crippen molar-refractivity contribution < 1.29 is 23.9 Å². The molecule has 0 radical (unpaired) electrons. The summed E-state index contributed by atoms with van der Waals surface area (Å²) in [5.41, 5.74) is 1.42. The Balaban J connectivity index is 1.50. The number of imide groups is 1. The Labute approximate surface area is 176 Å². The van der Waals surface area contributed by atoms with Crippen molar-refractivity contribution in [3.05, 3.63) is 82.6 Å². The van der Waals surface area contributed by atoms with Crippen molar-refractivity contribution in [1.82, 2.24) is 4.90 Å². The highest BCUT2D eigenvalue weighted by Gasteiger charge is 2.33. The molecule has 2 aromatic carbocycles. The number of urea groups is 1. The fraction of sp³-hybridized carbons (Fsp3) is 0.0909. The fourth-order valence-corrected chi connectivity index (χ4v) is 3.32. The molecule has 0 unspecified atom stereocenters. The molecule has 2 heterocycles. The Morgan fingerprint density at radius 2 is 1.83 bits per heavy atom. The van der Waals surface area contributed by atoms with Gasteiger partial charge in [0.15, 0.2) is 0 Å². The first kappa shape index (κ1) is 19.6. The van der Waals surface area contributed by atoms with Gasteiger partial charge < -0.3 is 9.52 Å². The molecule has 8 heteroatoms. The van der Waals surface area contributed by atoms with Crippen molar-refractivity contribution >= 4 is 35.2 Å². The highest BCUT2D eigenvalue weighted by atomic mass is 35.5. The van der Waals surface area contributed by atoms with Crippen molar-refractivity contribution in [2.45, 2.75) is 13.0 Å². The van der Waals surface area contributed by atoms with E-state index in [4.69, 9.17) is 16.0 Å². The number of carbonyl (C=O) groups is 3. The standard InChI is InChI=1S/C22H15ClN2O5/c23-17-8-6-14(10-16(17)21(27)28)19-9-7-15(30-19)11-18-20(26)25(22(29)24-18)12-13-4-2-1-3-5-13/h1-10H,11-12H2,(H,27,28). The van der Waals surface area contributed by atoms with E-state index in [-0.39, 0.29) is 29.3 Å². The quantitative estimate of drug-likeness (QED) is 0.632. The van der Waals surface area contributed by atoms with Crippen LogP contribution < -0.4 is 0 Å². The lowest BCUT2D eigenvalue weighted by atomic mass is 10.1. The smallest absolute Gasteiger partial charge is 0.351 e. The number of benzene rings is 2. The first-order valence-corrected chi connectivity index (χ1v) is 9.39. The van der Waals surface area contributed by atoms with Crippen LogP contribution in [0.1, 0.15) is 21.7 Å². The van der Waals surface area contributed by atoms with Crippen LogP contribution in [0.5, 0.6) is 0 Å². The highest BCUT2D eigenvalue weighted by molar-refractivity contribution is 6.46. The molecule has 1 aliphatic rings. The molecule has 30 heavy (non-hydrogen) atoms. The molecule has 0 saturated carbocycles. The molecule has 0 aliphatic carbocycles. The molecular formula is C22H15ClN2O5. The van der Waals surface area contributed by atoms with Gasteiger partial charge in [-0.1, -0.05) is 41.9 Å². The molecular weight excluding hydrogens is 408 g/mol. The van der Waals surface area contributed by atoms with E-state index in [1.54, 1.807) is 18.2 Å². The molecule has 0 atom stereocenters. The molecule has 0 bridgehead atoms. The Morgan fingerprint density at radius 1 is 1.07 bits per heavy atom. The van der Waals surface area contributed by atoms with E-state index in [1.807, 2.05) is 30.3 Å². The lowest BCUT2D eigenvalue weighted by molar-refractivity contribution is -0.121. The van der Waals surface area contributed by atoms with Gasteiger partial charge in [0, 0.05) is 5.56 Å². The van der Waals surface area contributed by atoms with E-state index < -0.39 is 17.9 Å². The van der Waals surface area contributed by atoms with E-state index in [2.05, 4.69) is 4.99 Å². The third kappa shape index (κ3) is 3.88. The maximum absolute atomic E-state index is 12.6. The molecule has 3 aromatic rings. The predicted octanol–water partition coefficient (Wildman–Crippen LogP) is 4.44. The lowest BCUT2D eigenvalue weighted by Crippen LogP contribution is -2.32. The number of nitrogens with zero attached hydrogens (tertiary/aromatic N) is 2. The molecule has 1 aromatic heterocycles. The molecule has 0 saturated heterocycles. The Kier molecular flexibility index (Phi) is 5.20. The number of carbonyl (C=O) groups excluding carboxylic acids is 2. The van der Waals surface area contributed by atoms with Gasteiger partial charge in [0.05, 0.1) is 23.6 Å². The van der Waals surface area contributed by atoms with Crippen LogP contribution >= 0.6 is 11.6 Å². The number of carboxylic acids is 1. The molecule has 0 spiro atoms. The molecule has 1 N–H and O–H groups in total. The van der Waals surface area contributed by atoms with E-state index >= 15 is 0 Å². The van der Waals surface area contributed by atoms with Crippen LogP contribution in [0.4, 0.5) is 4.79 Å². The summed E-state index contributed by atoms with van der Waals surface area (Å²) in [4.78, 5) is 41.0. The highest BCUT2D eigenvalue weighted by Crippen LogP contribution is 2.27. The van der Waals surface area contributed by atoms with Crippen molar-refractivity contribution in [3.63, 3.8) is 0 Å². The zero-order valence-electron chi connectivity index (χ0n) is 15.5. The lowest BCUT2D eigenvalue weighted by Gasteiger charge is -2.12. The summed E-state index contributed by atoms with van der Waals surface area (Å²) in [7, 11) is 0. The van der Waals surface area contributed by atoms with E-state index in [0.29, 0.717) is 17.1 Å². The van der Waals surface area contributed by atoms with Gasteiger partial charge in [-0.05, 0) is 35.9 Å². The Bertz CT molecular complexity index is 1180. The second-order valence-corrected chi connectivity index (χ2v) is 7.07. The number of hydrogen-bond donors (Lipinski definition) is 1. The third-order valence-electron chi connectivity index (χ3n) is 4.62. The number of aliphatic imine (C=N–C) groups is 1. The van der Waals surface area contributed by atoms with Gasteiger partial charge in [0.2, 0.25) is 0 Å². The maximum atomic E-state index is 12.6. The number of furan rings is 1. The van der Waals surface area contributed by atoms with Gasteiger partial charge in [0.25, 0.3) is 5.91 Å². The number of carboxylic acid groups (broad SMARTS) is 1. The van der Waals surface area contributed by atoms with Gasteiger partial charge in [-0.3, -0.25) is 9.69 Å². The SMILES string of the molecule is O=C(O)c1cc(-c2ccc(CC3=NC(=O)N(Cc4ccccc4)C3=O)o2)ccc1Cl. The summed E-state index contributed by atoms with van der Waals surface area (Å²) in [6.07, 6.45) is 0.0508. The fourth-order valence-electron chi connectivity index (χ4n) is 3.12. The van der Waals surface area contributed by atoms with Crippen molar-refractivity contribution in [2.75, 3.05) is 0 Å². The second kappa shape index (κ2) is 7.96. The first-order chi connectivity index (χ1) is 14.4. The zero-order valence-corrected chi connectivity index (χ0v) is 16.3. The molecule has 1 aliphatic heterocycles. The monoisotopic (exact) mass is 422 g/mol. The van der Waals surface area contributed by atoms with Gasteiger partial charge in [0.1, 0.15) is 17.2 Å². The summed E-state index contributed by atoms with van der Waals surface area (Å²) >= 11 is 5.90. The largest absolute Gasteiger partial charge is 0.478 e. The molecule has 7 nitrogen and oxygen atoms in total. The Hall–Kier alpha value is -3.71. The minimum Gasteiger partial charge on any atom is -0.478 e. The topological polar surface area (TPSA) is 100 Å². The maximum Gasteiger partial charge on any atom is 0.351 e. The number of hydrogen-bond acceptors (Lipinski definition) is 4. The number of amides is 3. The molecule has 3 amide bonds. The van der Waals surface area contributed by atoms with Gasteiger partial charge in [-0.25, -0.2) is 9.59 Å². The minimum atomic E-state index is -1.14. The zero-order chi connectivity index (χ0) is 21.3. The van der Waals surface area contributed by atoms with Crippen LogP contribution in [0, 0.1) is 0 Å².